The van der Waals surface area contributed by atoms with E-state index in [0.717, 1.165) is 29.4 Å². The summed E-state index contributed by atoms with van der Waals surface area (Å²) in [6.07, 6.45) is 6.56. The Labute approximate surface area is 189 Å². The standard InChI is InChI=1S/C21H27ClN6O4/c1-2-3-4-12-27-17-16(25-19(22)26-17)18(29)28(21(27)31)13-5-9-24-20(30)32-14-8-15-6-10-23-11-7-15/h6-7,10-11H,2-5,8-9,12-14H2,1H3,(H,24,30)(H,25,26). The second-order valence-corrected chi connectivity index (χ2v) is 7.70. The topological polar surface area (TPSA) is 124 Å². The van der Waals surface area contributed by atoms with Crippen LogP contribution in [0.5, 0.6) is 0 Å². The minimum absolute atomic E-state index is 0.0645. The number of nitrogens with one attached hydrogen (secondary N) is 2. The van der Waals surface area contributed by atoms with E-state index < -0.39 is 17.3 Å². The van der Waals surface area contributed by atoms with Crippen molar-refractivity contribution in [1.82, 2.24) is 29.4 Å². The van der Waals surface area contributed by atoms with E-state index in [0.29, 0.717) is 19.4 Å². The monoisotopic (exact) mass is 462 g/mol. The summed E-state index contributed by atoms with van der Waals surface area (Å²) in [6.45, 7) is 3.18. The summed E-state index contributed by atoms with van der Waals surface area (Å²) < 4.78 is 7.78. The van der Waals surface area contributed by atoms with Gasteiger partial charge < -0.3 is 15.0 Å². The molecular weight excluding hydrogens is 436 g/mol. The van der Waals surface area contributed by atoms with Crippen molar-refractivity contribution < 1.29 is 9.53 Å². The maximum absolute atomic E-state index is 12.9. The number of imidazole rings is 1. The first-order chi connectivity index (χ1) is 15.5. The smallest absolute Gasteiger partial charge is 0.407 e. The zero-order chi connectivity index (χ0) is 22.9. The lowest BCUT2D eigenvalue weighted by atomic mass is 10.2. The summed E-state index contributed by atoms with van der Waals surface area (Å²) in [7, 11) is 0. The largest absolute Gasteiger partial charge is 0.449 e. The number of aryl methyl sites for hydroxylation is 1. The number of nitrogens with zero attached hydrogens (tertiary/aromatic N) is 4. The van der Waals surface area contributed by atoms with Crippen LogP contribution in [0.15, 0.2) is 34.1 Å². The molecule has 3 heterocycles. The summed E-state index contributed by atoms with van der Waals surface area (Å²) in [5, 5.41) is 2.70. The van der Waals surface area contributed by atoms with Crippen LogP contribution in [0.3, 0.4) is 0 Å². The fourth-order valence-electron chi connectivity index (χ4n) is 3.35. The SMILES string of the molecule is CCCCCn1c(=O)n(CCCNC(=O)OCCc2ccncc2)c(=O)c2[nH]c(Cl)nc21. The molecule has 0 atom stereocenters. The molecule has 10 nitrogen and oxygen atoms in total. The van der Waals surface area contributed by atoms with Crippen LogP contribution in [0, 0.1) is 0 Å². The Balaban J connectivity index is 1.56. The first-order valence-electron chi connectivity index (χ1n) is 10.7. The first-order valence-corrected chi connectivity index (χ1v) is 11.1. The third-order valence-corrected chi connectivity index (χ3v) is 5.20. The van der Waals surface area contributed by atoms with E-state index in [4.69, 9.17) is 16.3 Å². The minimum atomic E-state index is -0.542. The molecule has 0 unspecified atom stereocenters. The predicted octanol–water partition coefficient (Wildman–Crippen LogP) is 2.48. The molecule has 0 fully saturated rings. The Morgan fingerprint density at radius 3 is 2.66 bits per heavy atom. The maximum atomic E-state index is 12.9. The number of rotatable bonds is 11. The Bertz CT molecular complexity index is 1150. The molecule has 0 radical (unpaired) electrons. The van der Waals surface area contributed by atoms with Crippen molar-refractivity contribution in [3.8, 4) is 0 Å². The van der Waals surface area contributed by atoms with Crippen LogP contribution < -0.4 is 16.6 Å². The van der Waals surface area contributed by atoms with Gasteiger partial charge in [0.2, 0.25) is 5.28 Å². The lowest BCUT2D eigenvalue weighted by molar-refractivity contribution is 0.147. The molecule has 2 N–H and O–H groups in total. The van der Waals surface area contributed by atoms with Crippen LogP contribution in [0.2, 0.25) is 5.28 Å². The van der Waals surface area contributed by atoms with Gasteiger partial charge in [-0.2, -0.15) is 4.98 Å². The second-order valence-electron chi connectivity index (χ2n) is 7.35. The quantitative estimate of drug-likeness (QED) is 0.333. The molecule has 0 aliphatic rings. The van der Waals surface area contributed by atoms with Crippen LogP contribution in [-0.4, -0.2) is 43.3 Å². The van der Waals surface area contributed by atoms with Gasteiger partial charge in [0.25, 0.3) is 5.56 Å². The van der Waals surface area contributed by atoms with Crippen LogP contribution in [0.4, 0.5) is 4.79 Å². The molecule has 0 saturated carbocycles. The maximum Gasteiger partial charge on any atom is 0.407 e. The fraction of sp³-hybridized carbons (Fsp3) is 0.476. The number of hydrogen-bond acceptors (Lipinski definition) is 6. The zero-order valence-corrected chi connectivity index (χ0v) is 18.7. The molecule has 3 aromatic rings. The van der Waals surface area contributed by atoms with Gasteiger partial charge in [0.1, 0.15) is 0 Å². The van der Waals surface area contributed by atoms with Crippen molar-refractivity contribution in [1.29, 1.82) is 0 Å². The molecule has 0 aliphatic heterocycles. The number of carbonyl (C=O) groups is 1. The molecule has 172 valence electrons. The molecule has 0 spiro atoms. The molecule has 3 rings (SSSR count). The number of pyridine rings is 1. The molecule has 1 amide bonds. The lowest BCUT2D eigenvalue weighted by Gasteiger charge is -2.11. The van der Waals surface area contributed by atoms with Gasteiger partial charge in [-0.15, -0.1) is 0 Å². The van der Waals surface area contributed by atoms with E-state index >= 15 is 0 Å². The van der Waals surface area contributed by atoms with E-state index in [2.05, 4.69) is 27.2 Å². The summed E-state index contributed by atoms with van der Waals surface area (Å²) in [5.74, 6) is 0. The molecule has 11 heteroatoms. The van der Waals surface area contributed by atoms with E-state index in [1.807, 2.05) is 12.1 Å². The summed E-state index contributed by atoms with van der Waals surface area (Å²) in [4.78, 5) is 48.3. The van der Waals surface area contributed by atoms with Gasteiger partial charge in [-0.05, 0) is 42.1 Å². The van der Waals surface area contributed by atoms with Gasteiger partial charge in [-0.25, -0.2) is 9.59 Å². The highest BCUT2D eigenvalue weighted by Gasteiger charge is 2.16. The van der Waals surface area contributed by atoms with E-state index in [-0.39, 0.29) is 36.1 Å². The number of halogens is 1. The van der Waals surface area contributed by atoms with Gasteiger partial charge in [0, 0.05) is 38.4 Å². The van der Waals surface area contributed by atoms with Gasteiger partial charge in [-0.3, -0.25) is 18.9 Å². The predicted molar refractivity (Wildman–Crippen MR) is 121 cm³/mol. The van der Waals surface area contributed by atoms with Crippen molar-refractivity contribution >= 4 is 28.9 Å². The Kier molecular flexibility index (Phi) is 8.43. The first kappa shape index (κ1) is 23.5. The molecule has 0 aromatic carbocycles. The van der Waals surface area contributed by atoms with Gasteiger partial charge in [0.05, 0.1) is 6.61 Å². The summed E-state index contributed by atoms with van der Waals surface area (Å²) in [6, 6.07) is 3.72. The number of unbranched alkanes of at least 4 members (excludes halogenated alkanes) is 2. The Morgan fingerprint density at radius 2 is 1.91 bits per heavy atom. The average molecular weight is 463 g/mol. The highest BCUT2D eigenvalue weighted by atomic mass is 35.5. The van der Waals surface area contributed by atoms with Crippen molar-refractivity contribution in [2.45, 2.75) is 52.1 Å². The van der Waals surface area contributed by atoms with E-state index in [9.17, 15) is 14.4 Å². The number of alkyl carbamates (subject to hydrolysis) is 1. The van der Waals surface area contributed by atoms with Crippen LogP contribution in [-0.2, 0) is 24.2 Å². The number of ether oxygens (including phenoxy) is 1. The summed E-state index contributed by atoms with van der Waals surface area (Å²) in [5.41, 5.74) is 0.595. The number of hydrogen-bond donors (Lipinski definition) is 2. The normalized spacial score (nSPS) is 11.1. The number of H-pyrrole nitrogens is 1. The average Bonchev–Trinajstić information content (AvgIpc) is 3.18. The third-order valence-electron chi connectivity index (χ3n) is 5.02. The van der Waals surface area contributed by atoms with Crippen molar-refractivity contribution in [2.24, 2.45) is 0 Å². The van der Waals surface area contributed by atoms with Gasteiger partial charge >= 0.3 is 11.8 Å². The van der Waals surface area contributed by atoms with Gasteiger partial charge in [0.15, 0.2) is 11.2 Å². The van der Waals surface area contributed by atoms with Crippen molar-refractivity contribution in [3.05, 3.63) is 56.2 Å². The number of carbonyl (C=O) groups excluding carboxylic acids is 1. The lowest BCUT2D eigenvalue weighted by Crippen LogP contribution is -2.41. The highest BCUT2D eigenvalue weighted by molar-refractivity contribution is 6.28. The molecule has 32 heavy (non-hydrogen) atoms. The highest BCUT2D eigenvalue weighted by Crippen LogP contribution is 2.10. The zero-order valence-electron chi connectivity index (χ0n) is 18.0. The van der Waals surface area contributed by atoms with E-state index in [1.54, 1.807) is 12.4 Å². The number of aromatic amines is 1. The van der Waals surface area contributed by atoms with Gasteiger partial charge in [-0.1, -0.05) is 19.8 Å². The molecule has 3 aromatic heterocycles. The van der Waals surface area contributed by atoms with Crippen molar-refractivity contribution in [3.63, 3.8) is 0 Å². The van der Waals surface area contributed by atoms with Crippen LogP contribution >= 0.6 is 11.6 Å². The van der Waals surface area contributed by atoms with Crippen LogP contribution in [0.25, 0.3) is 11.2 Å². The third kappa shape index (κ3) is 5.97. The molecule has 0 aliphatic carbocycles. The molecular formula is C21H27ClN6O4. The van der Waals surface area contributed by atoms with Crippen molar-refractivity contribution in [2.75, 3.05) is 13.2 Å². The van der Waals surface area contributed by atoms with E-state index in [1.165, 1.54) is 4.57 Å². The summed E-state index contributed by atoms with van der Waals surface area (Å²) >= 11 is 5.94. The number of amides is 1. The second kappa shape index (κ2) is 11.5. The minimum Gasteiger partial charge on any atom is -0.449 e. The Hall–Kier alpha value is -3.14. The Morgan fingerprint density at radius 1 is 1.16 bits per heavy atom. The van der Waals surface area contributed by atoms with Crippen LogP contribution in [0.1, 0.15) is 38.2 Å². The molecule has 0 saturated heterocycles. The molecule has 0 bridgehead atoms. The fourth-order valence-corrected chi connectivity index (χ4v) is 3.52. The number of fused-ring (bicyclic) bond motifs is 1. The number of aromatic nitrogens is 5.